The standard InChI is InChI=1S/C7H14NO3P/c1-11-4-5-2-6(7(9)10)8(12)3-5/h5-6H,2-4,12H2,1H3,(H,9,10)/t5?,6-/m0/s1. The summed E-state index contributed by atoms with van der Waals surface area (Å²) in [6, 6.07) is -0.352. The number of ether oxygens (including phenoxy) is 1. The molecule has 12 heavy (non-hydrogen) atoms. The van der Waals surface area contributed by atoms with E-state index in [-0.39, 0.29) is 6.04 Å². The fourth-order valence-electron chi connectivity index (χ4n) is 1.55. The first-order chi connectivity index (χ1) is 5.65. The number of carboxylic acid groups (broad SMARTS) is 1. The highest BCUT2D eigenvalue weighted by molar-refractivity contribution is 7.13. The van der Waals surface area contributed by atoms with E-state index in [2.05, 4.69) is 9.39 Å². The zero-order chi connectivity index (χ0) is 9.14. The molecule has 1 heterocycles. The van der Waals surface area contributed by atoms with Crippen LogP contribution in [-0.4, -0.2) is 42.0 Å². The third-order valence-corrected chi connectivity index (χ3v) is 2.68. The largest absolute Gasteiger partial charge is 0.480 e. The van der Waals surface area contributed by atoms with E-state index in [1.807, 2.05) is 0 Å². The van der Waals surface area contributed by atoms with Gasteiger partial charge in [0.05, 0.1) is 6.61 Å². The van der Waals surface area contributed by atoms with Crippen molar-refractivity contribution in [2.75, 3.05) is 20.3 Å². The van der Waals surface area contributed by atoms with Crippen LogP contribution in [0.2, 0.25) is 0 Å². The van der Waals surface area contributed by atoms with Gasteiger partial charge in [0, 0.05) is 13.7 Å². The van der Waals surface area contributed by atoms with Gasteiger partial charge in [0.2, 0.25) is 0 Å². The van der Waals surface area contributed by atoms with E-state index in [4.69, 9.17) is 9.84 Å². The first-order valence-corrected chi connectivity index (χ1v) is 4.40. The summed E-state index contributed by atoms with van der Waals surface area (Å²) in [7, 11) is 4.09. The Hall–Kier alpha value is -0.180. The van der Waals surface area contributed by atoms with Crippen molar-refractivity contribution in [1.82, 2.24) is 4.67 Å². The van der Waals surface area contributed by atoms with E-state index in [0.29, 0.717) is 18.9 Å². The minimum atomic E-state index is -0.747. The zero-order valence-corrected chi connectivity index (χ0v) is 8.22. The Balaban J connectivity index is 2.44. The van der Waals surface area contributed by atoms with E-state index in [0.717, 1.165) is 6.54 Å². The molecule has 1 N–H and O–H groups in total. The molecule has 1 aliphatic rings. The van der Waals surface area contributed by atoms with Crippen LogP contribution in [0, 0.1) is 5.92 Å². The molecule has 1 fully saturated rings. The average molecular weight is 191 g/mol. The van der Waals surface area contributed by atoms with E-state index in [1.54, 1.807) is 11.8 Å². The molecule has 0 aromatic heterocycles. The Kier molecular flexibility index (Phi) is 3.44. The van der Waals surface area contributed by atoms with Gasteiger partial charge in [0.1, 0.15) is 6.04 Å². The molecule has 0 aromatic carbocycles. The third kappa shape index (κ3) is 2.16. The van der Waals surface area contributed by atoms with Crippen molar-refractivity contribution in [2.45, 2.75) is 12.5 Å². The first kappa shape index (κ1) is 9.90. The van der Waals surface area contributed by atoms with Gasteiger partial charge < -0.3 is 9.84 Å². The van der Waals surface area contributed by atoms with Crippen LogP contribution in [0.1, 0.15) is 6.42 Å². The summed E-state index contributed by atoms with van der Waals surface area (Å²) in [5.41, 5.74) is 0. The number of carboxylic acids is 1. The maximum absolute atomic E-state index is 10.7. The van der Waals surface area contributed by atoms with Crippen molar-refractivity contribution >= 4 is 15.4 Å². The van der Waals surface area contributed by atoms with E-state index in [9.17, 15) is 4.79 Å². The van der Waals surface area contributed by atoms with Crippen LogP contribution in [0.3, 0.4) is 0 Å². The Morgan fingerprint density at radius 3 is 2.92 bits per heavy atom. The molecule has 0 radical (unpaired) electrons. The summed E-state index contributed by atoms with van der Waals surface area (Å²) in [5, 5.41) is 8.77. The van der Waals surface area contributed by atoms with Crippen LogP contribution < -0.4 is 0 Å². The van der Waals surface area contributed by atoms with Gasteiger partial charge in [-0.3, -0.25) is 9.46 Å². The summed E-state index contributed by atoms with van der Waals surface area (Å²) >= 11 is 0. The Morgan fingerprint density at radius 1 is 1.83 bits per heavy atom. The second-order valence-corrected chi connectivity index (χ2v) is 3.77. The van der Waals surface area contributed by atoms with Gasteiger partial charge in [-0.1, -0.05) is 9.39 Å². The van der Waals surface area contributed by atoms with Crippen molar-refractivity contribution < 1.29 is 14.6 Å². The predicted molar refractivity (Wildman–Crippen MR) is 47.8 cm³/mol. The van der Waals surface area contributed by atoms with Gasteiger partial charge in [-0.25, -0.2) is 0 Å². The third-order valence-electron chi connectivity index (χ3n) is 2.11. The molecule has 1 rings (SSSR count). The maximum atomic E-state index is 10.7. The summed E-state index contributed by atoms with van der Waals surface area (Å²) in [6.45, 7) is 1.43. The molecule has 0 saturated carbocycles. The number of rotatable bonds is 3. The molecule has 1 saturated heterocycles. The maximum Gasteiger partial charge on any atom is 0.321 e. The number of hydrogen-bond acceptors (Lipinski definition) is 3. The smallest absolute Gasteiger partial charge is 0.321 e. The number of aliphatic carboxylic acids is 1. The van der Waals surface area contributed by atoms with Crippen LogP contribution >= 0.6 is 9.39 Å². The summed E-state index contributed by atoms with van der Waals surface area (Å²) in [4.78, 5) is 10.7. The minimum absolute atomic E-state index is 0.352. The molecule has 4 nitrogen and oxygen atoms in total. The molecule has 0 spiro atoms. The highest BCUT2D eigenvalue weighted by Crippen LogP contribution is 2.26. The van der Waals surface area contributed by atoms with Crippen molar-refractivity contribution in [2.24, 2.45) is 5.92 Å². The second-order valence-electron chi connectivity index (χ2n) is 3.11. The van der Waals surface area contributed by atoms with Gasteiger partial charge in [0.25, 0.3) is 0 Å². The van der Waals surface area contributed by atoms with Crippen LogP contribution in [0.5, 0.6) is 0 Å². The number of nitrogens with zero attached hydrogens (tertiary/aromatic N) is 1. The summed E-state index contributed by atoms with van der Waals surface area (Å²) in [5.74, 6) is -0.391. The lowest BCUT2D eigenvalue weighted by atomic mass is 10.1. The second kappa shape index (κ2) is 4.17. The molecule has 2 unspecified atom stereocenters. The number of hydrogen-bond donors (Lipinski definition) is 1. The molecule has 0 bridgehead atoms. The lowest BCUT2D eigenvalue weighted by molar-refractivity contribution is -0.140. The molecule has 3 atom stereocenters. The molecule has 0 aromatic rings. The fourth-order valence-corrected chi connectivity index (χ4v) is 2.10. The van der Waals surface area contributed by atoms with Gasteiger partial charge in [-0.05, 0) is 12.3 Å². The lowest BCUT2D eigenvalue weighted by Gasteiger charge is -2.12. The van der Waals surface area contributed by atoms with Crippen LogP contribution in [0.15, 0.2) is 0 Å². The fraction of sp³-hybridized carbons (Fsp3) is 0.857. The van der Waals surface area contributed by atoms with Crippen LogP contribution in [-0.2, 0) is 9.53 Å². The SMILES string of the molecule is COCC1C[C@@H](C(=O)O)N(P)C1. The Bertz CT molecular complexity index is 176. The molecular weight excluding hydrogens is 177 g/mol. The Morgan fingerprint density at radius 2 is 2.50 bits per heavy atom. The van der Waals surface area contributed by atoms with E-state index in [1.165, 1.54) is 0 Å². The number of carbonyl (C=O) groups is 1. The predicted octanol–water partition coefficient (Wildman–Crippen LogP) is 0.198. The highest BCUT2D eigenvalue weighted by atomic mass is 31.0. The molecular formula is C7H14NO3P. The highest BCUT2D eigenvalue weighted by Gasteiger charge is 2.34. The van der Waals surface area contributed by atoms with E-state index >= 15 is 0 Å². The Labute approximate surface area is 74.1 Å². The van der Waals surface area contributed by atoms with Crippen molar-refractivity contribution in [3.63, 3.8) is 0 Å². The van der Waals surface area contributed by atoms with Gasteiger partial charge >= 0.3 is 5.97 Å². The molecule has 70 valence electrons. The van der Waals surface area contributed by atoms with Crippen molar-refractivity contribution in [1.29, 1.82) is 0 Å². The topological polar surface area (TPSA) is 49.8 Å². The van der Waals surface area contributed by atoms with Gasteiger partial charge in [0.15, 0.2) is 0 Å². The minimum Gasteiger partial charge on any atom is -0.480 e. The van der Waals surface area contributed by atoms with Crippen molar-refractivity contribution in [3.05, 3.63) is 0 Å². The van der Waals surface area contributed by atoms with Gasteiger partial charge in [-0.15, -0.1) is 0 Å². The lowest BCUT2D eigenvalue weighted by Crippen LogP contribution is -2.28. The molecule has 5 heteroatoms. The monoisotopic (exact) mass is 191 g/mol. The summed E-state index contributed by atoms with van der Waals surface area (Å²) < 4.78 is 6.76. The molecule has 0 aliphatic carbocycles. The number of methoxy groups -OCH3 is 1. The zero-order valence-electron chi connectivity index (χ0n) is 7.06. The van der Waals surface area contributed by atoms with Crippen LogP contribution in [0.25, 0.3) is 0 Å². The van der Waals surface area contributed by atoms with Crippen LogP contribution in [0.4, 0.5) is 0 Å². The summed E-state index contributed by atoms with van der Waals surface area (Å²) in [6.07, 6.45) is 0.687. The average Bonchev–Trinajstić information content (AvgIpc) is 2.32. The normalized spacial score (nSPS) is 30.8. The van der Waals surface area contributed by atoms with Crippen molar-refractivity contribution in [3.8, 4) is 0 Å². The molecule has 0 amide bonds. The van der Waals surface area contributed by atoms with Gasteiger partial charge in [-0.2, -0.15) is 0 Å². The quantitative estimate of drug-likeness (QED) is 0.647. The first-order valence-electron chi connectivity index (χ1n) is 3.88. The molecule has 1 aliphatic heterocycles. The van der Waals surface area contributed by atoms with E-state index < -0.39 is 5.97 Å².